The predicted octanol–water partition coefficient (Wildman–Crippen LogP) is 2.15. The summed E-state index contributed by atoms with van der Waals surface area (Å²) in [5.41, 5.74) is 0. The zero-order valence-corrected chi connectivity index (χ0v) is 7.46. The molecule has 0 aromatic heterocycles. The summed E-state index contributed by atoms with van der Waals surface area (Å²) in [7, 11) is 1.43. The Balaban J connectivity index is 0.000000461. The molecule has 0 amide bonds. The van der Waals surface area contributed by atoms with E-state index in [9.17, 15) is 4.79 Å². The van der Waals surface area contributed by atoms with Gasteiger partial charge >= 0.3 is 5.97 Å². The Labute approximate surface area is 68.2 Å². The van der Waals surface area contributed by atoms with Crippen molar-refractivity contribution in [1.82, 2.24) is 0 Å². The average Bonchev–Trinajstić information content (AvgIpc) is 2.59. The van der Waals surface area contributed by atoms with Crippen molar-refractivity contribution in [2.45, 2.75) is 26.7 Å². The molecular weight excluding hydrogens is 140 g/mol. The Morgan fingerprint density at radius 1 is 1.36 bits per heavy atom. The molecule has 0 heterocycles. The van der Waals surface area contributed by atoms with Crippen molar-refractivity contribution in [2.24, 2.45) is 5.92 Å². The van der Waals surface area contributed by atoms with Crippen molar-refractivity contribution in [3.63, 3.8) is 0 Å². The van der Waals surface area contributed by atoms with Gasteiger partial charge in [0.2, 0.25) is 0 Å². The van der Waals surface area contributed by atoms with Crippen LogP contribution >= 0.6 is 0 Å². The van der Waals surface area contributed by atoms with Gasteiger partial charge < -0.3 is 4.74 Å². The molecule has 0 spiro atoms. The van der Waals surface area contributed by atoms with Gasteiger partial charge in [-0.3, -0.25) is 4.79 Å². The van der Waals surface area contributed by atoms with E-state index in [1.54, 1.807) is 0 Å². The Morgan fingerprint density at radius 3 is 2.18 bits per heavy atom. The molecule has 0 saturated heterocycles. The van der Waals surface area contributed by atoms with E-state index in [1.807, 2.05) is 26.0 Å². The highest BCUT2D eigenvalue weighted by molar-refractivity contribution is 5.73. The van der Waals surface area contributed by atoms with Crippen LogP contribution < -0.4 is 0 Å². The van der Waals surface area contributed by atoms with Crippen LogP contribution in [0, 0.1) is 5.92 Å². The highest BCUT2D eigenvalue weighted by atomic mass is 16.5. The molecule has 0 atom stereocenters. The monoisotopic (exact) mass is 156 g/mol. The molecule has 0 bridgehead atoms. The molecule has 1 aliphatic carbocycles. The van der Waals surface area contributed by atoms with Crippen LogP contribution in [-0.2, 0) is 9.53 Å². The second kappa shape index (κ2) is 5.96. The molecule has 1 rings (SSSR count). The molecule has 0 aliphatic heterocycles. The minimum absolute atomic E-state index is 0.0833. The van der Waals surface area contributed by atoms with Crippen molar-refractivity contribution in [2.75, 3.05) is 7.11 Å². The highest BCUT2D eigenvalue weighted by Crippen LogP contribution is 2.18. The van der Waals surface area contributed by atoms with Gasteiger partial charge in [-0.1, -0.05) is 26.0 Å². The second-order valence-corrected chi connectivity index (χ2v) is 2.16. The molecule has 0 saturated carbocycles. The quantitative estimate of drug-likeness (QED) is 0.429. The topological polar surface area (TPSA) is 26.3 Å². The van der Waals surface area contributed by atoms with Crippen LogP contribution in [-0.4, -0.2) is 13.1 Å². The number of methoxy groups -OCH3 is 1. The summed E-state index contributed by atoms with van der Waals surface area (Å²) in [5.74, 6) is 0.0231. The van der Waals surface area contributed by atoms with Crippen LogP contribution in [0.5, 0.6) is 0 Å². The number of rotatable bonds is 1. The average molecular weight is 156 g/mol. The van der Waals surface area contributed by atoms with Crippen molar-refractivity contribution in [1.29, 1.82) is 0 Å². The summed E-state index contributed by atoms with van der Waals surface area (Å²) in [5, 5.41) is 0. The molecule has 0 unspecified atom stereocenters. The van der Waals surface area contributed by atoms with E-state index in [4.69, 9.17) is 0 Å². The first-order valence-corrected chi connectivity index (χ1v) is 4.07. The van der Waals surface area contributed by atoms with Gasteiger partial charge in [0.1, 0.15) is 0 Å². The summed E-state index contributed by atoms with van der Waals surface area (Å²) >= 11 is 0. The van der Waals surface area contributed by atoms with E-state index < -0.39 is 0 Å². The van der Waals surface area contributed by atoms with Crippen molar-refractivity contribution >= 4 is 5.97 Å². The lowest BCUT2D eigenvalue weighted by molar-refractivity contribution is -0.144. The van der Waals surface area contributed by atoms with Gasteiger partial charge in [-0.15, -0.1) is 0 Å². The highest BCUT2D eigenvalue weighted by Gasteiger charge is 2.18. The van der Waals surface area contributed by atoms with Crippen molar-refractivity contribution in [3.05, 3.63) is 12.2 Å². The summed E-state index contributed by atoms with van der Waals surface area (Å²) < 4.78 is 4.56. The van der Waals surface area contributed by atoms with Gasteiger partial charge in [0.25, 0.3) is 0 Å². The van der Waals surface area contributed by atoms with Crippen LogP contribution in [0.2, 0.25) is 0 Å². The van der Waals surface area contributed by atoms with E-state index in [1.165, 1.54) is 7.11 Å². The Kier molecular flexibility index (Phi) is 5.53. The Hall–Kier alpha value is -0.790. The lowest BCUT2D eigenvalue weighted by Crippen LogP contribution is -2.12. The molecule has 0 fully saturated rings. The first kappa shape index (κ1) is 10.2. The first-order valence-electron chi connectivity index (χ1n) is 4.07. The fourth-order valence-electron chi connectivity index (χ4n) is 0.976. The zero-order valence-electron chi connectivity index (χ0n) is 7.46. The van der Waals surface area contributed by atoms with Gasteiger partial charge in [-0.2, -0.15) is 0 Å². The number of esters is 1. The number of ether oxygens (including phenoxy) is 1. The number of allylic oxidation sites excluding steroid dienone is 2. The molecule has 0 N–H and O–H groups in total. The van der Waals surface area contributed by atoms with E-state index in [-0.39, 0.29) is 11.9 Å². The molecule has 0 aromatic carbocycles. The molecule has 11 heavy (non-hydrogen) atoms. The molecule has 2 heteroatoms. The van der Waals surface area contributed by atoms with Crippen LogP contribution in [0.1, 0.15) is 26.7 Å². The smallest absolute Gasteiger partial charge is 0.309 e. The third-order valence-corrected chi connectivity index (χ3v) is 1.54. The molecule has 0 aromatic rings. The molecule has 1 aliphatic rings. The standard InChI is InChI=1S/C7H10O2.C2H6/c1-9-7(8)6-4-2-3-5-6;1-2/h2-3,6H,4-5H2,1H3;1-2H3. The van der Waals surface area contributed by atoms with Crippen LogP contribution in [0.25, 0.3) is 0 Å². The maximum atomic E-state index is 10.8. The summed E-state index contributed by atoms with van der Waals surface area (Å²) in [6.07, 6.45) is 5.74. The van der Waals surface area contributed by atoms with E-state index >= 15 is 0 Å². The summed E-state index contributed by atoms with van der Waals surface area (Å²) in [6, 6.07) is 0. The van der Waals surface area contributed by atoms with Crippen LogP contribution in [0.15, 0.2) is 12.2 Å². The first-order chi connectivity index (χ1) is 5.34. The molecule has 2 nitrogen and oxygen atoms in total. The molecule has 0 radical (unpaired) electrons. The summed E-state index contributed by atoms with van der Waals surface area (Å²) in [6.45, 7) is 4.00. The molecule has 64 valence electrons. The van der Waals surface area contributed by atoms with Crippen LogP contribution in [0.4, 0.5) is 0 Å². The fourth-order valence-corrected chi connectivity index (χ4v) is 0.976. The van der Waals surface area contributed by atoms with E-state index in [0.717, 1.165) is 12.8 Å². The lowest BCUT2D eigenvalue weighted by Gasteiger charge is -2.03. The van der Waals surface area contributed by atoms with Gasteiger partial charge in [-0.05, 0) is 12.8 Å². The van der Waals surface area contributed by atoms with Crippen molar-refractivity contribution in [3.8, 4) is 0 Å². The van der Waals surface area contributed by atoms with Crippen molar-refractivity contribution < 1.29 is 9.53 Å². The minimum Gasteiger partial charge on any atom is -0.469 e. The Bertz CT molecular complexity index is 130. The minimum atomic E-state index is -0.0833. The third kappa shape index (κ3) is 3.21. The number of carbonyl (C=O) groups excluding carboxylic acids is 1. The zero-order chi connectivity index (χ0) is 8.69. The summed E-state index contributed by atoms with van der Waals surface area (Å²) in [4.78, 5) is 10.8. The number of carbonyl (C=O) groups is 1. The maximum absolute atomic E-state index is 10.8. The lowest BCUT2D eigenvalue weighted by atomic mass is 10.1. The molecular formula is C9H16O2. The fraction of sp³-hybridized carbons (Fsp3) is 0.667. The maximum Gasteiger partial charge on any atom is 0.309 e. The largest absolute Gasteiger partial charge is 0.469 e. The van der Waals surface area contributed by atoms with E-state index in [2.05, 4.69) is 4.74 Å². The predicted molar refractivity (Wildman–Crippen MR) is 45.2 cm³/mol. The second-order valence-electron chi connectivity index (χ2n) is 2.16. The number of hydrogen-bond acceptors (Lipinski definition) is 2. The number of hydrogen-bond donors (Lipinski definition) is 0. The van der Waals surface area contributed by atoms with Gasteiger partial charge in [0, 0.05) is 0 Å². The van der Waals surface area contributed by atoms with Gasteiger partial charge in [-0.25, -0.2) is 0 Å². The SMILES string of the molecule is CC.COC(=O)C1CC=CC1. The van der Waals surface area contributed by atoms with Gasteiger partial charge in [0.15, 0.2) is 0 Å². The third-order valence-electron chi connectivity index (χ3n) is 1.54. The van der Waals surface area contributed by atoms with Gasteiger partial charge in [0.05, 0.1) is 13.0 Å². The van der Waals surface area contributed by atoms with E-state index in [0.29, 0.717) is 0 Å². The van der Waals surface area contributed by atoms with Crippen LogP contribution in [0.3, 0.4) is 0 Å². The Morgan fingerprint density at radius 2 is 1.82 bits per heavy atom. The normalized spacial score (nSPS) is 15.5.